The molecule has 0 bridgehead atoms. The summed E-state index contributed by atoms with van der Waals surface area (Å²) in [4.78, 5) is 12.5. The van der Waals surface area contributed by atoms with Crippen molar-refractivity contribution in [2.45, 2.75) is 18.0 Å². The number of hydrogen-bond donors (Lipinski definition) is 0. The molecule has 0 saturated carbocycles. The van der Waals surface area contributed by atoms with Crippen molar-refractivity contribution < 1.29 is 9.53 Å². The van der Waals surface area contributed by atoms with Gasteiger partial charge in [0, 0.05) is 18.7 Å². The van der Waals surface area contributed by atoms with Crippen LogP contribution in [-0.2, 0) is 17.8 Å². The van der Waals surface area contributed by atoms with E-state index in [-0.39, 0.29) is 0 Å². The number of nitrogens with zero attached hydrogens (tertiary/aromatic N) is 1. The van der Waals surface area contributed by atoms with E-state index in [4.69, 9.17) is 16.3 Å². The third kappa shape index (κ3) is 2.49. The molecule has 1 aliphatic heterocycles. The molecule has 0 aliphatic carbocycles. The smallest absolute Gasteiger partial charge is 0.175 e. The molecule has 2 aromatic carbocycles. The first-order chi connectivity index (χ1) is 10.2. The van der Waals surface area contributed by atoms with Crippen LogP contribution in [0.1, 0.15) is 11.1 Å². The van der Waals surface area contributed by atoms with E-state index in [1.807, 2.05) is 53.4 Å². The van der Waals surface area contributed by atoms with Crippen LogP contribution < -0.4 is 9.64 Å². The molecule has 0 aromatic heterocycles. The van der Waals surface area contributed by atoms with Gasteiger partial charge in [-0.25, -0.2) is 0 Å². The Labute approximate surface area is 129 Å². The van der Waals surface area contributed by atoms with Crippen LogP contribution in [0.5, 0.6) is 5.75 Å². The monoisotopic (exact) mass is 301 g/mol. The maximum atomic E-state index is 11.5. The van der Waals surface area contributed by atoms with Crippen LogP contribution in [0.2, 0.25) is 0 Å². The minimum absolute atomic E-state index is 0.532. The predicted octanol–water partition coefficient (Wildman–Crippen LogP) is 3.39. The molecule has 108 valence electrons. The number of fused-ring (bicyclic) bond motifs is 1. The van der Waals surface area contributed by atoms with E-state index in [1.54, 1.807) is 7.11 Å². The third-order valence-electron chi connectivity index (χ3n) is 3.85. The van der Waals surface area contributed by atoms with Gasteiger partial charge in [-0.15, -0.1) is 0 Å². The lowest BCUT2D eigenvalue weighted by Gasteiger charge is -2.30. The summed E-state index contributed by atoms with van der Waals surface area (Å²) in [5.74, 6) is 0.813. The molecule has 1 unspecified atom stereocenters. The van der Waals surface area contributed by atoms with Crippen molar-refractivity contribution in [3.63, 3.8) is 0 Å². The van der Waals surface area contributed by atoms with Gasteiger partial charge in [-0.2, -0.15) is 0 Å². The van der Waals surface area contributed by atoms with E-state index in [1.165, 1.54) is 0 Å². The number of alkyl halides is 1. The molecule has 0 fully saturated rings. The van der Waals surface area contributed by atoms with Crippen LogP contribution >= 0.6 is 11.6 Å². The molecule has 2 aromatic rings. The Hall–Kier alpha value is -2.00. The summed E-state index contributed by atoms with van der Waals surface area (Å²) < 4.78 is 5.16. The maximum absolute atomic E-state index is 11.5. The van der Waals surface area contributed by atoms with Crippen LogP contribution in [0.4, 0.5) is 5.69 Å². The summed E-state index contributed by atoms with van der Waals surface area (Å²) in [6.45, 7) is 0.587. The number of aldehydes is 1. The van der Waals surface area contributed by atoms with Gasteiger partial charge in [0.2, 0.25) is 0 Å². The second kappa shape index (κ2) is 5.41. The Balaban J connectivity index is 1.92. The van der Waals surface area contributed by atoms with Gasteiger partial charge in [0.15, 0.2) is 11.3 Å². The van der Waals surface area contributed by atoms with Crippen LogP contribution in [0, 0.1) is 0 Å². The molecule has 1 aliphatic rings. The van der Waals surface area contributed by atoms with E-state index in [9.17, 15) is 4.79 Å². The number of para-hydroxylation sites is 1. The van der Waals surface area contributed by atoms with E-state index in [2.05, 4.69) is 0 Å². The highest BCUT2D eigenvalue weighted by molar-refractivity contribution is 6.34. The highest BCUT2D eigenvalue weighted by Crippen LogP contribution is 2.41. The van der Waals surface area contributed by atoms with Gasteiger partial charge in [-0.05, 0) is 29.3 Å². The number of ether oxygens (including phenoxy) is 1. The van der Waals surface area contributed by atoms with Gasteiger partial charge in [0.25, 0.3) is 0 Å². The number of anilines is 1. The van der Waals surface area contributed by atoms with Crippen molar-refractivity contribution in [2.75, 3.05) is 12.0 Å². The molecule has 1 heterocycles. The minimum Gasteiger partial charge on any atom is -0.497 e. The lowest BCUT2D eigenvalue weighted by molar-refractivity contribution is -0.109. The molecule has 1 atom stereocenters. The summed E-state index contributed by atoms with van der Waals surface area (Å²) in [7, 11) is 1.64. The van der Waals surface area contributed by atoms with E-state index < -0.39 is 5.00 Å². The van der Waals surface area contributed by atoms with Crippen LogP contribution in [0.3, 0.4) is 0 Å². The zero-order valence-corrected chi connectivity index (χ0v) is 12.5. The Morgan fingerprint density at radius 2 is 1.95 bits per heavy atom. The first-order valence-corrected chi connectivity index (χ1v) is 7.18. The summed E-state index contributed by atoms with van der Waals surface area (Å²) in [5.41, 5.74) is 3.21. The zero-order valence-electron chi connectivity index (χ0n) is 11.8. The zero-order chi connectivity index (χ0) is 14.9. The molecular weight excluding hydrogens is 286 g/mol. The van der Waals surface area contributed by atoms with Crippen molar-refractivity contribution in [2.24, 2.45) is 0 Å². The number of halogens is 1. The van der Waals surface area contributed by atoms with Crippen LogP contribution in [-0.4, -0.2) is 18.4 Å². The lowest BCUT2D eigenvalue weighted by atomic mass is 10.1. The molecule has 3 nitrogen and oxygen atoms in total. The summed E-state index contributed by atoms with van der Waals surface area (Å²) in [5, 5.41) is 0. The van der Waals surface area contributed by atoms with Crippen molar-refractivity contribution >= 4 is 23.6 Å². The summed E-state index contributed by atoms with van der Waals surface area (Å²) in [6.07, 6.45) is 1.36. The van der Waals surface area contributed by atoms with E-state index in [0.717, 1.165) is 28.8 Å². The number of benzene rings is 2. The summed E-state index contributed by atoms with van der Waals surface area (Å²) >= 11 is 6.53. The molecule has 0 spiro atoms. The third-order valence-corrected chi connectivity index (χ3v) is 4.28. The van der Waals surface area contributed by atoms with Crippen molar-refractivity contribution in [1.29, 1.82) is 0 Å². The number of methoxy groups -OCH3 is 1. The average Bonchev–Trinajstić information content (AvgIpc) is 2.81. The summed E-state index contributed by atoms with van der Waals surface area (Å²) in [6, 6.07) is 15.8. The Kier molecular flexibility index (Phi) is 3.60. The Morgan fingerprint density at radius 3 is 2.62 bits per heavy atom. The van der Waals surface area contributed by atoms with Gasteiger partial charge in [-0.3, -0.25) is 4.79 Å². The molecule has 0 amide bonds. The van der Waals surface area contributed by atoms with Gasteiger partial charge >= 0.3 is 0 Å². The number of carbonyl (C=O) groups is 1. The van der Waals surface area contributed by atoms with Gasteiger partial charge in [0.1, 0.15) is 5.75 Å². The first kappa shape index (κ1) is 14.0. The standard InChI is InChI=1S/C17H16ClNO2/c1-21-15-8-6-13(7-9-15)11-19-16-5-3-2-4-14(16)10-17(19,18)12-20/h2-9,12H,10-11H2,1H3. The van der Waals surface area contributed by atoms with E-state index >= 15 is 0 Å². The molecule has 0 saturated heterocycles. The highest BCUT2D eigenvalue weighted by atomic mass is 35.5. The van der Waals surface area contributed by atoms with Gasteiger partial charge in [0.05, 0.1) is 7.11 Å². The van der Waals surface area contributed by atoms with Gasteiger partial charge in [-0.1, -0.05) is 41.9 Å². The normalized spacial score (nSPS) is 20.2. The second-order valence-electron chi connectivity index (χ2n) is 5.18. The SMILES string of the molecule is COc1ccc(CN2c3ccccc3CC2(Cl)C=O)cc1. The van der Waals surface area contributed by atoms with Crippen molar-refractivity contribution in [3.8, 4) is 5.75 Å². The Bertz CT molecular complexity index is 656. The topological polar surface area (TPSA) is 29.5 Å². The van der Waals surface area contributed by atoms with Crippen LogP contribution in [0.25, 0.3) is 0 Å². The lowest BCUT2D eigenvalue weighted by Crippen LogP contribution is -2.42. The van der Waals surface area contributed by atoms with E-state index in [0.29, 0.717) is 13.0 Å². The number of hydrogen-bond acceptors (Lipinski definition) is 3. The Morgan fingerprint density at radius 1 is 1.24 bits per heavy atom. The quantitative estimate of drug-likeness (QED) is 0.492. The first-order valence-electron chi connectivity index (χ1n) is 6.80. The highest BCUT2D eigenvalue weighted by Gasteiger charge is 2.41. The minimum atomic E-state index is -0.996. The predicted molar refractivity (Wildman–Crippen MR) is 84.0 cm³/mol. The fraction of sp³-hybridized carbons (Fsp3) is 0.235. The largest absolute Gasteiger partial charge is 0.497 e. The van der Waals surface area contributed by atoms with Crippen molar-refractivity contribution in [1.82, 2.24) is 0 Å². The molecule has 3 rings (SSSR count). The number of rotatable bonds is 4. The second-order valence-corrected chi connectivity index (χ2v) is 5.83. The fourth-order valence-electron chi connectivity index (χ4n) is 2.72. The maximum Gasteiger partial charge on any atom is 0.175 e. The molecule has 0 radical (unpaired) electrons. The fourth-order valence-corrected chi connectivity index (χ4v) is 3.02. The average molecular weight is 302 g/mol. The molecule has 4 heteroatoms. The number of carbonyl (C=O) groups excluding carboxylic acids is 1. The molecule has 21 heavy (non-hydrogen) atoms. The molecular formula is C17H16ClNO2. The molecule has 0 N–H and O–H groups in total. The van der Waals surface area contributed by atoms with Gasteiger partial charge < -0.3 is 9.64 Å². The van der Waals surface area contributed by atoms with Crippen molar-refractivity contribution in [3.05, 3.63) is 59.7 Å². The van der Waals surface area contributed by atoms with Crippen LogP contribution in [0.15, 0.2) is 48.5 Å².